The van der Waals surface area contributed by atoms with Crippen molar-refractivity contribution in [2.75, 3.05) is 5.32 Å². The highest BCUT2D eigenvalue weighted by Crippen LogP contribution is 2.20. The molecule has 0 fully saturated rings. The standard InChI is InChI=1S/C24H25FN2O3S/c1-16(2)19-8-10-20(11-9-19)27-24(28)22-14-21(12-13-23(22)25)31(29,30)26-15-18-6-4-17(3)5-7-18/h4-14,16,26H,15H2,1-3H3,(H,27,28). The third-order valence-corrected chi connectivity index (χ3v) is 6.31. The Morgan fingerprint density at radius 2 is 1.61 bits per heavy atom. The average molecular weight is 441 g/mol. The molecule has 3 aromatic rings. The van der Waals surface area contributed by atoms with Crippen LogP contribution in [0.25, 0.3) is 0 Å². The zero-order valence-corrected chi connectivity index (χ0v) is 18.5. The SMILES string of the molecule is Cc1ccc(CNS(=O)(=O)c2ccc(F)c(C(=O)Nc3ccc(C(C)C)cc3)c2)cc1. The lowest BCUT2D eigenvalue weighted by atomic mass is 10.0. The van der Waals surface area contributed by atoms with Crippen LogP contribution in [0, 0.1) is 12.7 Å². The Kier molecular flexibility index (Phi) is 6.87. The van der Waals surface area contributed by atoms with Gasteiger partial charge in [-0.3, -0.25) is 4.79 Å². The molecule has 31 heavy (non-hydrogen) atoms. The second-order valence-corrected chi connectivity index (χ2v) is 9.45. The highest BCUT2D eigenvalue weighted by atomic mass is 32.2. The van der Waals surface area contributed by atoms with Crippen LogP contribution in [0.4, 0.5) is 10.1 Å². The molecule has 0 unspecified atom stereocenters. The first kappa shape index (κ1) is 22.7. The minimum Gasteiger partial charge on any atom is -0.322 e. The van der Waals surface area contributed by atoms with Crippen LogP contribution in [-0.4, -0.2) is 14.3 Å². The first-order valence-corrected chi connectivity index (χ1v) is 11.4. The third-order valence-electron chi connectivity index (χ3n) is 4.91. The molecule has 2 N–H and O–H groups in total. The van der Waals surface area contributed by atoms with Crippen molar-refractivity contribution in [1.29, 1.82) is 0 Å². The van der Waals surface area contributed by atoms with E-state index in [1.165, 1.54) is 0 Å². The maximum atomic E-state index is 14.3. The number of sulfonamides is 1. The summed E-state index contributed by atoms with van der Waals surface area (Å²) in [4.78, 5) is 12.4. The summed E-state index contributed by atoms with van der Waals surface area (Å²) in [6.07, 6.45) is 0. The van der Waals surface area contributed by atoms with E-state index in [0.29, 0.717) is 11.6 Å². The number of hydrogen-bond acceptors (Lipinski definition) is 3. The van der Waals surface area contributed by atoms with Crippen LogP contribution in [0.3, 0.4) is 0 Å². The topological polar surface area (TPSA) is 75.3 Å². The van der Waals surface area contributed by atoms with Crippen LogP contribution in [0.5, 0.6) is 0 Å². The van der Waals surface area contributed by atoms with Crippen LogP contribution in [-0.2, 0) is 16.6 Å². The summed E-state index contributed by atoms with van der Waals surface area (Å²) in [5.41, 5.74) is 3.13. The van der Waals surface area contributed by atoms with E-state index < -0.39 is 21.7 Å². The van der Waals surface area contributed by atoms with Gasteiger partial charge < -0.3 is 5.32 Å². The number of nitrogens with one attached hydrogen (secondary N) is 2. The van der Waals surface area contributed by atoms with Gasteiger partial charge in [0.25, 0.3) is 5.91 Å². The van der Waals surface area contributed by atoms with Crippen LogP contribution in [0.2, 0.25) is 0 Å². The number of carbonyl (C=O) groups excluding carboxylic acids is 1. The predicted molar refractivity (Wildman–Crippen MR) is 120 cm³/mol. The van der Waals surface area contributed by atoms with Gasteiger partial charge in [0.1, 0.15) is 5.82 Å². The van der Waals surface area contributed by atoms with Crippen molar-refractivity contribution in [2.24, 2.45) is 0 Å². The first-order chi connectivity index (χ1) is 14.7. The van der Waals surface area contributed by atoms with Crippen LogP contribution in [0.15, 0.2) is 71.6 Å². The molecule has 0 atom stereocenters. The number of aryl methyl sites for hydroxylation is 1. The van der Waals surface area contributed by atoms with Gasteiger partial charge in [-0.2, -0.15) is 0 Å². The van der Waals surface area contributed by atoms with E-state index in [2.05, 4.69) is 23.9 Å². The Labute approximate surface area is 182 Å². The minimum atomic E-state index is -3.93. The number of amides is 1. The van der Waals surface area contributed by atoms with Gasteiger partial charge in [-0.1, -0.05) is 55.8 Å². The molecule has 0 bridgehead atoms. The molecule has 0 spiro atoms. The quantitative estimate of drug-likeness (QED) is 0.544. The van der Waals surface area contributed by atoms with Gasteiger partial charge in [0, 0.05) is 12.2 Å². The zero-order valence-electron chi connectivity index (χ0n) is 17.6. The number of hydrogen-bond donors (Lipinski definition) is 2. The van der Waals surface area contributed by atoms with Crippen LogP contribution in [0.1, 0.15) is 46.8 Å². The summed E-state index contributed by atoms with van der Waals surface area (Å²) in [5, 5.41) is 2.61. The van der Waals surface area contributed by atoms with E-state index >= 15 is 0 Å². The van der Waals surface area contributed by atoms with Gasteiger partial charge in [-0.15, -0.1) is 0 Å². The van der Waals surface area contributed by atoms with Crippen LogP contribution < -0.4 is 10.0 Å². The molecule has 162 valence electrons. The molecule has 0 heterocycles. The van der Waals surface area contributed by atoms with E-state index in [-0.39, 0.29) is 17.0 Å². The average Bonchev–Trinajstić information content (AvgIpc) is 2.74. The molecular formula is C24H25FN2O3S. The van der Waals surface area contributed by atoms with E-state index in [9.17, 15) is 17.6 Å². The maximum absolute atomic E-state index is 14.3. The van der Waals surface area contributed by atoms with Gasteiger partial charge in [0.05, 0.1) is 10.5 Å². The molecule has 0 aliphatic heterocycles. The molecule has 3 rings (SSSR count). The monoisotopic (exact) mass is 440 g/mol. The summed E-state index contributed by atoms with van der Waals surface area (Å²) >= 11 is 0. The second-order valence-electron chi connectivity index (χ2n) is 7.68. The Morgan fingerprint density at radius 1 is 0.968 bits per heavy atom. The Balaban J connectivity index is 1.76. The van der Waals surface area contributed by atoms with E-state index in [1.807, 2.05) is 43.3 Å². The number of rotatable bonds is 7. The molecule has 0 saturated carbocycles. The molecule has 7 heteroatoms. The smallest absolute Gasteiger partial charge is 0.258 e. The predicted octanol–water partition coefficient (Wildman–Crippen LogP) is 4.99. The number of halogens is 1. The minimum absolute atomic E-state index is 0.0870. The first-order valence-electron chi connectivity index (χ1n) is 9.92. The molecule has 0 aliphatic carbocycles. The van der Waals surface area contributed by atoms with Crippen LogP contribution >= 0.6 is 0 Å². The molecule has 1 amide bonds. The largest absolute Gasteiger partial charge is 0.322 e. The summed E-state index contributed by atoms with van der Waals surface area (Å²) in [6.45, 7) is 6.14. The lowest BCUT2D eigenvalue weighted by Crippen LogP contribution is -2.24. The van der Waals surface area contributed by atoms with Crippen molar-refractivity contribution in [3.63, 3.8) is 0 Å². The number of anilines is 1. The zero-order chi connectivity index (χ0) is 22.6. The van der Waals surface area contributed by atoms with Gasteiger partial charge >= 0.3 is 0 Å². The highest BCUT2D eigenvalue weighted by molar-refractivity contribution is 7.89. The Hall–Kier alpha value is -3.03. The normalized spacial score (nSPS) is 11.5. The van der Waals surface area contributed by atoms with Gasteiger partial charge in [-0.25, -0.2) is 17.5 Å². The van der Waals surface area contributed by atoms with Crippen molar-refractivity contribution in [2.45, 2.75) is 38.1 Å². The second kappa shape index (κ2) is 9.41. The van der Waals surface area contributed by atoms with E-state index in [1.54, 1.807) is 12.1 Å². The van der Waals surface area contributed by atoms with Gasteiger partial charge in [0.15, 0.2) is 0 Å². The van der Waals surface area contributed by atoms with Crippen molar-refractivity contribution in [3.8, 4) is 0 Å². The fraction of sp³-hybridized carbons (Fsp3) is 0.208. The van der Waals surface area contributed by atoms with Crippen molar-refractivity contribution >= 4 is 21.6 Å². The maximum Gasteiger partial charge on any atom is 0.258 e. The third kappa shape index (κ3) is 5.77. The Bertz CT molecular complexity index is 1170. The van der Waals surface area contributed by atoms with Gasteiger partial charge in [-0.05, 0) is 54.3 Å². The van der Waals surface area contributed by atoms with E-state index in [4.69, 9.17) is 0 Å². The molecule has 0 aromatic heterocycles. The summed E-state index contributed by atoms with van der Waals surface area (Å²) in [7, 11) is -3.93. The number of benzene rings is 3. The molecular weight excluding hydrogens is 415 g/mol. The highest BCUT2D eigenvalue weighted by Gasteiger charge is 2.19. The lowest BCUT2D eigenvalue weighted by molar-refractivity contribution is 0.102. The summed E-state index contributed by atoms with van der Waals surface area (Å²) in [5.74, 6) is -1.17. The summed E-state index contributed by atoms with van der Waals surface area (Å²) < 4.78 is 42.1. The fourth-order valence-corrected chi connectivity index (χ4v) is 4.01. The van der Waals surface area contributed by atoms with Gasteiger partial charge in [0.2, 0.25) is 10.0 Å². The molecule has 0 saturated heterocycles. The molecule has 5 nitrogen and oxygen atoms in total. The summed E-state index contributed by atoms with van der Waals surface area (Å²) in [6, 6.07) is 17.8. The van der Waals surface area contributed by atoms with Crippen molar-refractivity contribution in [3.05, 3.63) is 94.8 Å². The lowest BCUT2D eigenvalue weighted by Gasteiger charge is -2.11. The fourth-order valence-electron chi connectivity index (χ4n) is 2.96. The van der Waals surface area contributed by atoms with E-state index in [0.717, 1.165) is 34.9 Å². The molecule has 3 aromatic carbocycles. The molecule has 0 radical (unpaired) electrons. The number of carbonyl (C=O) groups is 1. The molecule has 0 aliphatic rings. The Morgan fingerprint density at radius 3 is 2.23 bits per heavy atom. The van der Waals surface area contributed by atoms with Crippen molar-refractivity contribution in [1.82, 2.24) is 4.72 Å². The van der Waals surface area contributed by atoms with Crippen molar-refractivity contribution < 1.29 is 17.6 Å².